The summed E-state index contributed by atoms with van der Waals surface area (Å²) in [6.45, 7) is 0. The molecule has 0 bridgehead atoms. The van der Waals surface area contributed by atoms with Crippen molar-refractivity contribution in [1.29, 1.82) is 5.26 Å². The maximum absolute atomic E-state index is 12.7. The third kappa shape index (κ3) is 2.53. The van der Waals surface area contributed by atoms with Crippen molar-refractivity contribution in [2.45, 2.75) is 12.3 Å². The number of hydrogen-bond acceptors (Lipinski definition) is 3. The average Bonchev–Trinajstić information content (AvgIpc) is 2.35. The fraction of sp³-hybridized carbons (Fsp3) is 0.273. The molecule has 3 nitrogen and oxygen atoms in total. The molecule has 0 spiro atoms. The Kier molecular flexibility index (Phi) is 4.41. The number of hydrogen-bond donors (Lipinski definition) is 0. The quantitative estimate of drug-likeness (QED) is 0.619. The fourth-order valence-corrected chi connectivity index (χ4v) is 1.71. The second kappa shape index (κ2) is 5.60. The summed E-state index contributed by atoms with van der Waals surface area (Å²) in [5.41, 5.74) is -0.647. The number of halogens is 3. The zero-order chi connectivity index (χ0) is 13.0. The number of benzene rings is 1. The number of carbonyl (C=O) groups excluding carboxylic acids is 1. The van der Waals surface area contributed by atoms with E-state index in [1.807, 2.05) is 0 Å². The molecular weight excluding hydrogens is 252 g/mol. The molecule has 6 heteroatoms. The summed E-state index contributed by atoms with van der Waals surface area (Å²) in [6.07, 6.45) is -2.83. The number of nitrogens with zero attached hydrogens (tertiary/aromatic N) is 1. The van der Waals surface area contributed by atoms with Crippen LogP contribution < -0.4 is 0 Å². The summed E-state index contributed by atoms with van der Waals surface area (Å²) in [5.74, 6) is -1.14. The third-order valence-corrected chi connectivity index (χ3v) is 2.49. The van der Waals surface area contributed by atoms with Crippen molar-refractivity contribution < 1.29 is 18.3 Å². The van der Waals surface area contributed by atoms with E-state index in [1.165, 1.54) is 6.07 Å². The van der Waals surface area contributed by atoms with Crippen molar-refractivity contribution in [3.63, 3.8) is 0 Å². The fourth-order valence-electron chi connectivity index (χ4n) is 1.43. The smallest absolute Gasteiger partial charge is 0.338 e. The van der Waals surface area contributed by atoms with Crippen LogP contribution in [0.25, 0.3) is 0 Å². The second-order valence-electron chi connectivity index (χ2n) is 3.09. The van der Waals surface area contributed by atoms with Crippen molar-refractivity contribution in [1.82, 2.24) is 0 Å². The summed E-state index contributed by atoms with van der Waals surface area (Å²) >= 11 is 5.59. The lowest BCUT2D eigenvalue weighted by Gasteiger charge is -2.12. The summed E-state index contributed by atoms with van der Waals surface area (Å²) in [4.78, 5) is 11.5. The molecule has 0 radical (unpaired) electrons. The highest BCUT2D eigenvalue weighted by Gasteiger charge is 2.24. The van der Waals surface area contributed by atoms with Gasteiger partial charge in [0.1, 0.15) is 0 Å². The van der Waals surface area contributed by atoms with Gasteiger partial charge in [0.05, 0.1) is 24.3 Å². The summed E-state index contributed by atoms with van der Waals surface area (Å²) in [5, 5.41) is 8.81. The van der Waals surface area contributed by atoms with Crippen molar-refractivity contribution in [2.75, 3.05) is 7.11 Å². The Hall–Kier alpha value is -1.67. The number of nitriles is 1. The van der Waals surface area contributed by atoms with Crippen LogP contribution in [0, 0.1) is 11.3 Å². The first-order valence-corrected chi connectivity index (χ1v) is 5.08. The first-order chi connectivity index (χ1) is 8.06. The normalized spacial score (nSPS) is 10.1. The minimum Gasteiger partial charge on any atom is -0.465 e. The molecule has 0 aliphatic heterocycles. The predicted octanol–water partition coefficient (Wildman–Crippen LogP) is 3.02. The number of alkyl halides is 3. The molecule has 0 amide bonds. The van der Waals surface area contributed by atoms with E-state index in [4.69, 9.17) is 16.9 Å². The van der Waals surface area contributed by atoms with E-state index in [-0.39, 0.29) is 22.6 Å². The van der Waals surface area contributed by atoms with Gasteiger partial charge in [-0.05, 0) is 11.6 Å². The van der Waals surface area contributed by atoms with Crippen molar-refractivity contribution in [3.8, 4) is 6.07 Å². The van der Waals surface area contributed by atoms with E-state index in [0.29, 0.717) is 0 Å². The van der Waals surface area contributed by atoms with Gasteiger partial charge in [-0.2, -0.15) is 5.26 Å². The second-order valence-corrected chi connectivity index (χ2v) is 3.36. The zero-order valence-electron chi connectivity index (χ0n) is 8.84. The maximum Gasteiger partial charge on any atom is 0.338 e. The molecule has 0 unspecified atom stereocenters. The largest absolute Gasteiger partial charge is 0.465 e. The Balaban J connectivity index is 3.57. The van der Waals surface area contributed by atoms with Crippen LogP contribution in [0.3, 0.4) is 0 Å². The summed E-state index contributed by atoms with van der Waals surface area (Å²) < 4.78 is 29.9. The molecule has 0 saturated carbocycles. The molecule has 0 aliphatic rings. The molecule has 0 N–H and O–H groups in total. The van der Waals surface area contributed by atoms with Gasteiger partial charge < -0.3 is 4.74 Å². The Bertz CT molecular complexity index is 483. The summed E-state index contributed by atoms with van der Waals surface area (Å²) in [7, 11) is 1.08. The number of rotatable bonds is 3. The molecule has 0 atom stereocenters. The number of carbonyl (C=O) groups is 1. The molecule has 90 valence electrons. The average molecular weight is 260 g/mol. The summed E-state index contributed by atoms with van der Waals surface area (Å²) in [6, 6.07) is 4.04. The van der Waals surface area contributed by atoms with Crippen LogP contribution in [0.2, 0.25) is 0 Å². The van der Waals surface area contributed by atoms with Gasteiger partial charge in [-0.1, -0.05) is 6.07 Å². The molecule has 0 heterocycles. The van der Waals surface area contributed by atoms with E-state index >= 15 is 0 Å². The van der Waals surface area contributed by atoms with Gasteiger partial charge in [0.2, 0.25) is 0 Å². The molecular formula is C11H8ClF2NO2. The van der Waals surface area contributed by atoms with Crippen LogP contribution in [-0.4, -0.2) is 13.1 Å². The molecule has 17 heavy (non-hydrogen) atoms. The van der Waals surface area contributed by atoms with Gasteiger partial charge in [0.15, 0.2) is 0 Å². The standard InChI is InChI=1S/C11H8ClF2NO2/c1-17-11(16)9-7(10(13)14)3-2-6(5-15)8(9)4-12/h2-3,10H,4H2,1H3. The van der Waals surface area contributed by atoms with Crippen molar-refractivity contribution >= 4 is 17.6 Å². The third-order valence-electron chi connectivity index (χ3n) is 2.22. The molecule has 1 aromatic carbocycles. The number of ether oxygens (including phenoxy) is 1. The lowest BCUT2D eigenvalue weighted by atomic mass is 9.97. The van der Waals surface area contributed by atoms with Crippen LogP contribution in [-0.2, 0) is 10.6 Å². The van der Waals surface area contributed by atoms with Crippen LogP contribution in [0.4, 0.5) is 8.78 Å². The zero-order valence-corrected chi connectivity index (χ0v) is 9.59. The van der Waals surface area contributed by atoms with Gasteiger partial charge in [-0.15, -0.1) is 11.6 Å². The molecule has 1 rings (SSSR count). The molecule has 0 aliphatic carbocycles. The lowest BCUT2D eigenvalue weighted by Crippen LogP contribution is -2.11. The molecule has 0 aromatic heterocycles. The van der Waals surface area contributed by atoms with E-state index in [1.54, 1.807) is 6.07 Å². The van der Waals surface area contributed by atoms with Crippen LogP contribution in [0.1, 0.15) is 33.5 Å². The number of esters is 1. The Morgan fingerprint density at radius 1 is 1.59 bits per heavy atom. The Morgan fingerprint density at radius 2 is 2.24 bits per heavy atom. The van der Waals surface area contributed by atoms with E-state index in [2.05, 4.69) is 4.74 Å². The van der Waals surface area contributed by atoms with Crippen molar-refractivity contribution in [3.05, 3.63) is 34.4 Å². The Morgan fingerprint density at radius 3 is 2.65 bits per heavy atom. The topological polar surface area (TPSA) is 50.1 Å². The minimum absolute atomic E-state index is 0.0683. The van der Waals surface area contributed by atoms with Crippen LogP contribution >= 0.6 is 11.6 Å². The first kappa shape index (κ1) is 13.4. The van der Waals surface area contributed by atoms with E-state index < -0.39 is 18.0 Å². The van der Waals surface area contributed by atoms with Crippen LogP contribution in [0.15, 0.2) is 12.1 Å². The molecule has 0 saturated heterocycles. The monoisotopic (exact) mass is 259 g/mol. The Labute approximate surface area is 102 Å². The minimum atomic E-state index is -2.83. The SMILES string of the molecule is COC(=O)c1c(C(F)F)ccc(C#N)c1CCl. The maximum atomic E-state index is 12.7. The van der Waals surface area contributed by atoms with Gasteiger partial charge >= 0.3 is 5.97 Å². The predicted molar refractivity (Wildman–Crippen MR) is 57.0 cm³/mol. The highest BCUT2D eigenvalue weighted by molar-refractivity contribution is 6.18. The first-order valence-electron chi connectivity index (χ1n) is 4.55. The van der Waals surface area contributed by atoms with Gasteiger partial charge in [0.25, 0.3) is 6.43 Å². The molecule has 0 fully saturated rings. The van der Waals surface area contributed by atoms with Gasteiger partial charge in [-0.25, -0.2) is 13.6 Å². The van der Waals surface area contributed by atoms with Gasteiger partial charge in [0, 0.05) is 11.4 Å². The van der Waals surface area contributed by atoms with E-state index in [0.717, 1.165) is 13.2 Å². The highest BCUT2D eigenvalue weighted by Crippen LogP contribution is 2.29. The van der Waals surface area contributed by atoms with Gasteiger partial charge in [-0.3, -0.25) is 0 Å². The highest BCUT2D eigenvalue weighted by atomic mass is 35.5. The van der Waals surface area contributed by atoms with Crippen LogP contribution in [0.5, 0.6) is 0 Å². The van der Waals surface area contributed by atoms with E-state index in [9.17, 15) is 13.6 Å². The number of methoxy groups -OCH3 is 1. The lowest BCUT2D eigenvalue weighted by molar-refractivity contribution is 0.0588. The van der Waals surface area contributed by atoms with Crippen molar-refractivity contribution in [2.24, 2.45) is 0 Å². The molecule has 1 aromatic rings.